The van der Waals surface area contributed by atoms with Gasteiger partial charge in [0, 0.05) is 15.5 Å². The summed E-state index contributed by atoms with van der Waals surface area (Å²) < 4.78 is 42.9. The number of carbonyl (C=O) groups is 2. The van der Waals surface area contributed by atoms with Crippen LogP contribution in [0.1, 0.15) is 21.5 Å². The number of halogens is 3. The van der Waals surface area contributed by atoms with Gasteiger partial charge < -0.3 is 10.1 Å². The number of hydrogen-bond donors (Lipinski definition) is 1. The highest BCUT2D eigenvalue weighted by molar-refractivity contribution is 7.99. The van der Waals surface area contributed by atoms with Gasteiger partial charge in [-0.2, -0.15) is 18.4 Å². The number of nitriles is 1. The molecule has 0 radical (unpaired) electrons. The molecule has 0 aliphatic carbocycles. The minimum absolute atomic E-state index is 0.142. The lowest BCUT2D eigenvalue weighted by Gasteiger charge is -2.11. The molecule has 1 amide bonds. The van der Waals surface area contributed by atoms with Gasteiger partial charge in [0.25, 0.3) is 5.91 Å². The molecule has 0 spiro atoms. The van der Waals surface area contributed by atoms with Gasteiger partial charge in [0.1, 0.15) is 6.07 Å². The topological polar surface area (TPSA) is 79.2 Å². The molecule has 3 rings (SSSR count). The molecule has 0 atom stereocenters. The van der Waals surface area contributed by atoms with Crippen LogP contribution in [0.25, 0.3) is 0 Å². The van der Waals surface area contributed by atoms with Crippen molar-refractivity contribution in [1.29, 1.82) is 5.26 Å². The molecular formula is C23H15F3N2O3S. The lowest BCUT2D eigenvalue weighted by molar-refractivity contribution is -0.137. The monoisotopic (exact) mass is 456 g/mol. The fraction of sp³-hybridized carbons (Fsp3) is 0.0870. The summed E-state index contributed by atoms with van der Waals surface area (Å²) in [6.07, 6.45) is -4.47. The Kier molecular flexibility index (Phi) is 7.18. The first-order valence-electron chi connectivity index (χ1n) is 9.18. The van der Waals surface area contributed by atoms with Crippen molar-refractivity contribution in [1.82, 2.24) is 0 Å². The molecule has 0 heterocycles. The number of benzene rings is 3. The van der Waals surface area contributed by atoms with E-state index in [0.29, 0.717) is 15.4 Å². The van der Waals surface area contributed by atoms with Crippen LogP contribution in [-0.4, -0.2) is 18.5 Å². The van der Waals surface area contributed by atoms with Crippen LogP contribution >= 0.6 is 11.8 Å². The number of rotatable bonds is 6. The Morgan fingerprint density at radius 1 is 0.938 bits per heavy atom. The van der Waals surface area contributed by atoms with E-state index in [4.69, 9.17) is 4.74 Å². The summed E-state index contributed by atoms with van der Waals surface area (Å²) >= 11 is 1.22. The molecule has 3 aromatic carbocycles. The van der Waals surface area contributed by atoms with Crippen molar-refractivity contribution in [2.45, 2.75) is 16.0 Å². The van der Waals surface area contributed by atoms with E-state index in [9.17, 15) is 28.0 Å². The molecule has 0 fully saturated rings. The molecule has 0 unspecified atom stereocenters. The summed E-state index contributed by atoms with van der Waals surface area (Å²) in [7, 11) is 0. The SMILES string of the molecule is N#Cc1ccccc1Sc1ccccc1C(=O)OCC(=O)Nc1ccc(C(F)(F)F)cc1. The second kappa shape index (κ2) is 10.0. The third-order valence-corrected chi connectivity index (χ3v) is 5.32. The Morgan fingerprint density at radius 2 is 1.56 bits per heavy atom. The van der Waals surface area contributed by atoms with E-state index in [0.717, 1.165) is 24.3 Å². The molecule has 32 heavy (non-hydrogen) atoms. The molecule has 0 aromatic heterocycles. The summed E-state index contributed by atoms with van der Waals surface area (Å²) in [6, 6.07) is 19.5. The van der Waals surface area contributed by atoms with Crippen molar-refractivity contribution in [2.24, 2.45) is 0 Å². The standard InChI is InChI=1S/C23H15F3N2O3S/c24-23(25,26)16-9-11-17(12-10-16)28-21(29)14-31-22(30)18-6-2-4-8-20(18)32-19-7-3-1-5-15(19)13-27/h1-12H,14H2,(H,28,29). The Labute approximate surface area is 185 Å². The van der Waals surface area contributed by atoms with E-state index in [-0.39, 0.29) is 11.3 Å². The first-order valence-corrected chi connectivity index (χ1v) is 10.00. The zero-order chi connectivity index (χ0) is 23.1. The van der Waals surface area contributed by atoms with Crippen LogP contribution in [0.3, 0.4) is 0 Å². The van der Waals surface area contributed by atoms with Crippen LogP contribution in [0.5, 0.6) is 0 Å². The predicted octanol–water partition coefficient (Wildman–Crippen LogP) is 5.52. The smallest absolute Gasteiger partial charge is 0.416 e. The lowest BCUT2D eigenvalue weighted by Crippen LogP contribution is -2.21. The van der Waals surface area contributed by atoms with Gasteiger partial charge in [0.15, 0.2) is 6.61 Å². The van der Waals surface area contributed by atoms with Crippen LogP contribution < -0.4 is 5.32 Å². The molecule has 162 valence electrons. The maximum Gasteiger partial charge on any atom is 0.416 e. The van der Waals surface area contributed by atoms with Crippen LogP contribution in [0, 0.1) is 11.3 Å². The van der Waals surface area contributed by atoms with Crippen molar-refractivity contribution in [2.75, 3.05) is 11.9 Å². The van der Waals surface area contributed by atoms with Gasteiger partial charge in [-0.05, 0) is 48.5 Å². The highest BCUT2D eigenvalue weighted by Crippen LogP contribution is 2.33. The normalized spacial score (nSPS) is 10.8. The summed E-state index contributed by atoms with van der Waals surface area (Å²) in [4.78, 5) is 25.8. The minimum atomic E-state index is -4.47. The fourth-order valence-electron chi connectivity index (χ4n) is 2.64. The first kappa shape index (κ1) is 22.9. The van der Waals surface area contributed by atoms with Gasteiger partial charge in [0.2, 0.25) is 0 Å². The third kappa shape index (κ3) is 5.89. The number of hydrogen-bond acceptors (Lipinski definition) is 5. The average molecular weight is 456 g/mol. The quantitative estimate of drug-likeness (QED) is 0.494. The molecule has 0 aliphatic rings. The van der Waals surface area contributed by atoms with Gasteiger partial charge in [0.05, 0.1) is 16.7 Å². The van der Waals surface area contributed by atoms with Crippen molar-refractivity contribution in [3.63, 3.8) is 0 Å². The zero-order valence-corrected chi connectivity index (χ0v) is 17.2. The number of esters is 1. The number of nitrogens with zero attached hydrogens (tertiary/aromatic N) is 1. The largest absolute Gasteiger partial charge is 0.452 e. The van der Waals surface area contributed by atoms with Gasteiger partial charge in [-0.1, -0.05) is 36.0 Å². The molecule has 0 saturated heterocycles. The van der Waals surface area contributed by atoms with Crippen molar-refractivity contribution in [3.05, 3.63) is 89.5 Å². The van der Waals surface area contributed by atoms with Gasteiger partial charge in [-0.25, -0.2) is 4.79 Å². The van der Waals surface area contributed by atoms with Crippen molar-refractivity contribution < 1.29 is 27.5 Å². The molecular weight excluding hydrogens is 441 g/mol. The van der Waals surface area contributed by atoms with E-state index in [2.05, 4.69) is 11.4 Å². The van der Waals surface area contributed by atoms with E-state index >= 15 is 0 Å². The van der Waals surface area contributed by atoms with Crippen LogP contribution in [-0.2, 0) is 15.7 Å². The van der Waals surface area contributed by atoms with Crippen molar-refractivity contribution in [3.8, 4) is 6.07 Å². The average Bonchev–Trinajstić information content (AvgIpc) is 2.78. The second-order valence-corrected chi connectivity index (χ2v) is 7.49. The van der Waals surface area contributed by atoms with E-state index in [1.54, 1.807) is 42.5 Å². The van der Waals surface area contributed by atoms with Crippen LogP contribution in [0.2, 0.25) is 0 Å². The molecule has 3 aromatic rings. The predicted molar refractivity (Wildman–Crippen MR) is 112 cm³/mol. The summed E-state index contributed by atoms with van der Waals surface area (Å²) in [5.41, 5.74) is -0.0266. The maximum absolute atomic E-state index is 12.6. The van der Waals surface area contributed by atoms with E-state index < -0.39 is 30.2 Å². The Balaban J connectivity index is 1.63. The fourth-order valence-corrected chi connectivity index (χ4v) is 3.65. The van der Waals surface area contributed by atoms with Gasteiger partial charge >= 0.3 is 12.1 Å². The van der Waals surface area contributed by atoms with E-state index in [1.165, 1.54) is 17.8 Å². The number of anilines is 1. The number of carbonyl (C=O) groups excluding carboxylic acids is 2. The van der Waals surface area contributed by atoms with Crippen LogP contribution in [0.15, 0.2) is 82.6 Å². The summed E-state index contributed by atoms with van der Waals surface area (Å²) in [5, 5.41) is 11.6. The Hall–Kier alpha value is -3.77. The molecule has 0 saturated carbocycles. The Morgan fingerprint density at radius 3 is 2.22 bits per heavy atom. The number of nitrogens with one attached hydrogen (secondary N) is 1. The minimum Gasteiger partial charge on any atom is -0.452 e. The lowest BCUT2D eigenvalue weighted by atomic mass is 10.2. The van der Waals surface area contributed by atoms with Gasteiger partial charge in [-0.3, -0.25) is 4.79 Å². The van der Waals surface area contributed by atoms with Gasteiger partial charge in [-0.15, -0.1) is 0 Å². The maximum atomic E-state index is 12.6. The zero-order valence-electron chi connectivity index (χ0n) is 16.3. The highest BCUT2D eigenvalue weighted by atomic mass is 32.2. The van der Waals surface area contributed by atoms with E-state index in [1.807, 2.05) is 0 Å². The molecule has 0 aliphatic heterocycles. The molecule has 1 N–H and O–H groups in total. The molecule has 0 bridgehead atoms. The third-order valence-electron chi connectivity index (χ3n) is 4.16. The number of alkyl halides is 3. The second-order valence-electron chi connectivity index (χ2n) is 6.41. The van der Waals surface area contributed by atoms with Crippen molar-refractivity contribution >= 4 is 29.3 Å². The van der Waals surface area contributed by atoms with Crippen LogP contribution in [0.4, 0.5) is 18.9 Å². The summed E-state index contributed by atoms with van der Waals surface area (Å²) in [5.74, 6) is -1.44. The molecule has 9 heteroatoms. The number of amides is 1. The summed E-state index contributed by atoms with van der Waals surface area (Å²) in [6.45, 7) is -0.617. The number of ether oxygens (including phenoxy) is 1. The Bertz CT molecular complexity index is 1170. The first-order chi connectivity index (χ1) is 15.3. The highest BCUT2D eigenvalue weighted by Gasteiger charge is 2.30. The molecule has 5 nitrogen and oxygen atoms in total.